The molecule has 0 N–H and O–H groups in total. The van der Waals surface area contributed by atoms with Crippen LogP contribution in [0.25, 0.3) is 0 Å². The fourth-order valence-corrected chi connectivity index (χ4v) is 3.60. The molecule has 1 atom stereocenters. The van der Waals surface area contributed by atoms with Crippen molar-refractivity contribution in [1.29, 1.82) is 0 Å². The molecule has 3 nitrogen and oxygen atoms in total. The van der Waals surface area contributed by atoms with Gasteiger partial charge in [0.25, 0.3) is 0 Å². The summed E-state index contributed by atoms with van der Waals surface area (Å²) in [5.74, 6) is 0. The van der Waals surface area contributed by atoms with Crippen LogP contribution in [0.4, 0.5) is 0 Å². The van der Waals surface area contributed by atoms with E-state index in [1.165, 1.54) is 0 Å². The van der Waals surface area contributed by atoms with Crippen LogP contribution in [0, 0.1) is 0 Å². The molecule has 1 aromatic rings. The molecule has 1 heterocycles. The van der Waals surface area contributed by atoms with Crippen molar-refractivity contribution in [2.45, 2.75) is 36.7 Å². The lowest BCUT2D eigenvalue weighted by atomic mass is 9.99. The molecule has 0 amide bonds. The minimum atomic E-state index is -3.44. The van der Waals surface area contributed by atoms with Crippen molar-refractivity contribution < 1.29 is 13.2 Å². The van der Waals surface area contributed by atoms with Gasteiger partial charge in [0, 0.05) is 17.9 Å². The van der Waals surface area contributed by atoms with Gasteiger partial charge in [0.05, 0.1) is 10.5 Å². The summed E-state index contributed by atoms with van der Waals surface area (Å²) >= 11 is 0. The molecule has 1 fully saturated rings. The van der Waals surface area contributed by atoms with Crippen molar-refractivity contribution in [2.24, 2.45) is 0 Å². The Morgan fingerprint density at radius 3 is 2.61 bits per heavy atom. The second-order valence-corrected chi connectivity index (χ2v) is 6.99. The van der Waals surface area contributed by atoms with Crippen molar-refractivity contribution in [3.8, 4) is 0 Å². The van der Waals surface area contributed by atoms with E-state index in [-0.39, 0.29) is 10.5 Å². The van der Waals surface area contributed by atoms with E-state index in [0.717, 1.165) is 12.8 Å². The first kappa shape index (κ1) is 13.3. The van der Waals surface area contributed by atoms with Gasteiger partial charge in [-0.3, -0.25) is 0 Å². The van der Waals surface area contributed by atoms with Gasteiger partial charge in [-0.15, -0.1) is 0 Å². The maximum atomic E-state index is 12.3. The Hall–Kier alpha value is -1.13. The minimum absolute atomic E-state index is 0.234. The Bertz CT molecular complexity index is 525. The average Bonchev–Trinajstić information content (AvgIpc) is 2.77. The fourth-order valence-electron chi connectivity index (χ4n) is 2.25. The van der Waals surface area contributed by atoms with Gasteiger partial charge >= 0.3 is 0 Å². The predicted molar refractivity (Wildman–Crippen MR) is 71.0 cm³/mol. The van der Waals surface area contributed by atoms with Gasteiger partial charge in [0.2, 0.25) is 9.84 Å². The van der Waals surface area contributed by atoms with Crippen LogP contribution in [0.2, 0.25) is 0 Å². The van der Waals surface area contributed by atoms with E-state index in [0.29, 0.717) is 17.9 Å². The molecule has 0 aliphatic carbocycles. The van der Waals surface area contributed by atoms with Crippen LogP contribution >= 0.6 is 0 Å². The molecule has 0 radical (unpaired) electrons. The van der Waals surface area contributed by atoms with E-state index in [9.17, 15) is 8.42 Å². The summed E-state index contributed by atoms with van der Waals surface area (Å²) in [4.78, 5) is 0.537. The van der Waals surface area contributed by atoms with E-state index < -0.39 is 9.84 Å². The maximum Gasteiger partial charge on any atom is 0.202 e. The zero-order chi connectivity index (χ0) is 13.2. The first-order valence-corrected chi connectivity index (χ1v) is 7.54. The summed E-state index contributed by atoms with van der Waals surface area (Å²) in [7, 11) is -3.44. The number of hydrogen-bond donors (Lipinski definition) is 0. The zero-order valence-corrected chi connectivity index (χ0v) is 11.4. The number of benzene rings is 1. The predicted octanol–water partition coefficient (Wildman–Crippen LogP) is 2.93. The highest BCUT2D eigenvalue weighted by Crippen LogP contribution is 2.34. The van der Waals surface area contributed by atoms with Crippen molar-refractivity contribution in [1.82, 2.24) is 0 Å². The minimum Gasteiger partial charge on any atom is -0.375 e. The average molecular weight is 266 g/mol. The number of rotatable bonds is 4. The van der Waals surface area contributed by atoms with E-state index in [1.807, 2.05) is 6.92 Å². The van der Waals surface area contributed by atoms with Gasteiger partial charge < -0.3 is 4.74 Å². The SMILES string of the molecule is C=C(CC1(C)CCCO1)S(=O)(=O)c1ccccc1. The monoisotopic (exact) mass is 266 g/mol. The normalized spacial score (nSPS) is 24.1. The van der Waals surface area contributed by atoms with E-state index in [2.05, 4.69) is 6.58 Å². The lowest BCUT2D eigenvalue weighted by Gasteiger charge is -2.24. The Kier molecular flexibility index (Phi) is 3.59. The molecule has 98 valence electrons. The van der Waals surface area contributed by atoms with E-state index in [1.54, 1.807) is 30.3 Å². The van der Waals surface area contributed by atoms with E-state index in [4.69, 9.17) is 4.74 Å². The Morgan fingerprint density at radius 1 is 1.39 bits per heavy atom. The Morgan fingerprint density at radius 2 is 2.06 bits per heavy atom. The van der Waals surface area contributed by atoms with E-state index >= 15 is 0 Å². The Labute approximate surface area is 108 Å². The fraction of sp³-hybridized carbons (Fsp3) is 0.429. The summed E-state index contributed by atoms with van der Waals surface area (Å²) in [5.41, 5.74) is -0.376. The van der Waals surface area contributed by atoms with Gasteiger partial charge in [-0.25, -0.2) is 8.42 Å². The van der Waals surface area contributed by atoms with Gasteiger partial charge in [-0.1, -0.05) is 24.8 Å². The second-order valence-electron chi connectivity index (χ2n) is 4.93. The summed E-state index contributed by atoms with van der Waals surface area (Å²) < 4.78 is 30.2. The van der Waals surface area contributed by atoms with Crippen molar-refractivity contribution in [2.75, 3.05) is 6.61 Å². The van der Waals surface area contributed by atoms with Crippen LogP contribution < -0.4 is 0 Å². The maximum absolute atomic E-state index is 12.3. The third-order valence-corrected chi connectivity index (χ3v) is 5.10. The van der Waals surface area contributed by atoms with Crippen LogP contribution in [-0.4, -0.2) is 20.6 Å². The van der Waals surface area contributed by atoms with Crippen molar-refractivity contribution >= 4 is 9.84 Å². The lowest BCUT2D eigenvalue weighted by molar-refractivity contribution is 0.0221. The topological polar surface area (TPSA) is 43.4 Å². The quantitative estimate of drug-likeness (QED) is 0.841. The molecule has 18 heavy (non-hydrogen) atoms. The Balaban J connectivity index is 2.19. The van der Waals surface area contributed by atoms with Crippen LogP contribution in [-0.2, 0) is 14.6 Å². The van der Waals surface area contributed by atoms with Gasteiger partial charge in [-0.05, 0) is 31.9 Å². The molecule has 1 aliphatic rings. The van der Waals surface area contributed by atoms with Crippen LogP contribution in [0.5, 0.6) is 0 Å². The molecule has 0 bridgehead atoms. The summed E-state index contributed by atoms with van der Waals surface area (Å²) in [5, 5.41) is 0. The molecular formula is C14H18O3S. The van der Waals surface area contributed by atoms with Crippen molar-refractivity contribution in [3.05, 3.63) is 41.8 Å². The third kappa shape index (κ3) is 2.65. The first-order valence-electron chi connectivity index (χ1n) is 6.06. The molecular weight excluding hydrogens is 248 g/mol. The smallest absolute Gasteiger partial charge is 0.202 e. The van der Waals surface area contributed by atoms with Crippen LogP contribution in [0.3, 0.4) is 0 Å². The molecule has 1 saturated heterocycles. The highest BCUT2D eigenvalue weighted by Gasteiger charge is 2.33. The van der Waals surface area contributed by atoms with Gasteiger partial charge in [0.1, 0.15) is 0 Å². The molecule has 0 aromatic heterocycles. The molecule has 1 aliphatic heterocycles. The summed E-state index contributed by atoms with van der Waals surface area (Å²) in [6.07, 6.45) is 2.23. The largest absolute Gasteiger partial charge is 0.375 e. The van der Waals surface area contributed by atoms with Gasteiger partial charge in [0.15, 0.2) is 0 Å². The number of ether oxygens (including phenoxy) is 1. The van der Waals surface area contributed by atoms with Gasteiger partial charge in [-0.2, -0.15) is 0 Å². The lowest BCUT2D eigenvalue weighted by Crippen LogP contribution is -2.25. The van der Waals surface area contributed by atoms with Crippen molar-refractivity contribution in [3.63, 3.8) is 0 Å². The first-order chi connectivity index (χ1) is 8.44. The summed E-state index contributed by atoms with van der Waals surface area (Å²) in [6.45, 7) is 6.40. The molecule has 4 heteroatoms. The molecule has 2 rings (SSSR count). The van der Waals surface area contributed by atoms with Crippen LogP contribution in [0.1, 0.15) is 26.2 Å². The highest BCUT2D eigenvalue weighted by molar-refractivity contribution is 7.95. The standard InChI is InChI=1S/C14H18O3S/c1-12(11-14(2)9-6-10-17-14)18(15,16)13-7-4-3-5-8-13/h3-5,7-8H,1,6,9-11H2,2H3. The molecule has 1 unspecified atom stereocenters. The molecule has 0 saturated carbocycles. The zero-order valence-electron chi connectivity index (χ0n) is 10.6. The highest BCUT2D eigenvalue weighted by atomic mass is 32.2. The second kappa shape index (κ2) is 4.86. The number of hydrogen-bond acceptors (Lipinski definition) is 3. The molecule has 1 aromatic carbocycles. The molecule has 0 spiro atoms. The number of sulfone groups is 1. The van der Waals surface area contributed by atoms with Crippen LogP contribution in [0.15, 0.2) is 46.7 Å². The summed E-state index contributed by atoms with van der Waals surface area (Å²) in [6, 6.07) is 8.42. The third-order valence-electron chi connectivity index (χ3n) is 3.31.